The molecule has 0 saturated carbocycles. The molecule has 0 aromatic heterocycles. The maximum absolute atomic E-state index is 0. The summed E-state index contributed by atoms with van der Waals surface area (Å²) in [5.41, 5.74) is 0. The smallest absolute Gasteiger partial charge is 0.693 e. The van der Waals surface area contributed by atoms with Gasteiger partial charge in [0.05, 0.1) is 0 Å². The number of hydrogen-bond acceptors (Lipinski definition) is 0. The van der Waals surface area contributed by atoms with Gasteiger partial charge in [0, 0.05) is 0 Å². The average Bonchev–Trinajstić information content (AvgIpc) is 0. The van der Waals surface area contributed by atoms with Crippen molar-refractivity contribution in [1.29, 1.82) is 0 Å². The van der Waals surface area contributed by atoms with Crippen molar-refractivity contribution >= 4 is 12.4 Å². The molecular formula is H9ClN4Pt. The van der Waals surface area contributed by atoms with Crippen LogP contribution in [0, 0.1) is 0 Å². The Morgan fingerprint density at radius 2 is 0.500 bits per heavy atom. The maximum atomic E-state index is 0. The molecule has 0 bridgehead atoms. The van der Waals surface area contributed by atoms with Crippen molar-refractivity contribution in [2.45, 2.75) is 0 Å². The van der Waals surface area contributed by atoms with Crippen molar-refractivity contribution in [2.24, 2.45) is 0 Å². The summed E-state index contributed by atoms with van der Waals surface area (Å²) in [6.45, 7) is 0. The molecule has 0 aliphatic rings. The minimum Gasteiger partial charge on any atom is -0.693 e. The van der Waals surface area contributed by atoms with Crippen LogP contribution in [0.3, 0.4) is 0 Å². The SMILES string of the molecule is Cl.[NH2-].[NH2-].[NH2-].[NH2-].[Pt+4]. The summed E-state index contributed by atoms with van der Waals surface area (Å²) in [6.07, 6.45) is 0. The molecule has 6 heavy (non-hydrogen) atoms. The number of halogens is 1. The second-order valence-corrected chi connectivity index (χ2v) is 0. The summed E-state index contributed by atoms with van der Waals surface area (Å²) in [7, 11) is 0. The Balaban J connectivity index is 0. The third-order valence-electron chi connectivity index (χ3n) is 0. The van der Waals surface area contributed by atoms with E-state index in [4.69, 9.17) is 0 Å². The van der Waals surface area contributed by atoms with Gasteiger partial charge in [-0.25, -0.2) is 0 Å². The molecule has 0 rings (SSSR count). The summed E-state index contributed by atoms with van der Waals surface area (Å²) in [6, 6.07) is 0. The molecular weight excluding hydrogens is 287 g/mol. The summed E-state index contributed by atoms with van der Waals surface area (Å²) < 4.78 is 0. The molecule has 0 fully saturated rings. The summed E-state index contributed by atoms with van der Waals surface area (Å²) in [5.74, 6) is 0. The van der Waals surface area contributed by atoms with E-state index in [-0.39, 0.29) is 58.1 Å². The Bertz CT molecular complexity index is 7.51. The van der Waals surface area contributed by atoms with E-state index in [1.165, 1.54) is 0 Å². The third-order valence-corrected chi connectivity index (χ3v) is 0. The van der Waals surface area contributed by atoms with Crippen LogP contribution >= 0.6 is 12.4 Å². The van der Waals surface area contributed by atoms with Crippen molar-refractivity contribution in [3.8, 4) is 0 Å². The van der Waals surface area contributed by atoms with Crippen LogP contribution in [0.2, 0.25) is 0 Å². The molecule has 0 aromatic rings. The summed E-state index contributed by atoms with van der Waals surface area (Å²) in [4.78, 5) is 0. The standard InChI is InChI=1S/ClH.4H2N.Pt/h1H;4*1H2;/q;4*-1;+4. The van der Waals surface area contributed by atoms with Gasteiger partial charge in [-0.15, -0.1) is 12.4 Å². The van der Waals surface area contributed by atoms with E-state index < -0.39 is 0 Å². The molecule has 6 heteroatoms. The third kappa shape index (κ3) is 105. The Morgan fingerprint density at radius 1 is 0.500 bits per heavy atom. The van der Waals surface area contributed by atoms with E-state index >= 15 is 0 Å². The molecule has 0 atom stereocenters. The van der Waals surface area contributed by atoms with E-state index in [0.29, 0.717) is 0 Å². The van der Waals surface area contributed by atoms with Gasteiger partial charge in [-0.1, -0.05) is 0 Å². The predicted octanol–water partition coefficient (Wildman–Crippen LogP) is 3.29. The number of hydrogen-bond donors (Lipinski definition) is 0. The van der Waals surface area contributed by atoms with Crippen LogP contribution in [0.5, 0.6) is 0 Å². The van der Waals surface area contributed by atoms with Crippen LogP contribution in [-0.2, 0) is 21.1 Å². The van der Waals surface area contributed by atoms with Crippen molar-refractivity contribution in [2.75, 3.05) is 0 Å². The number of nitrogens with two attached hydrogens (primary N) is 4. The van der Waals surface area contributed by atoms with E-state index in [2.05, 4.69) is 0 Å². The maximum Gasteiger partial charge on any atom is 4.00 e. The summed E-state index contributed by atoms with van der Waals surface area (Å²) >= 11 is 0. The topological polar surface area (TPSA) is 134 Å². The Kier molecular flexibility index (Phi) is 11600. The normalized spacial score (nSPS) is 0. The molecule has 0 aliphatic heterocycles. The van der Waals surface area contributed by atoms with Crippen molar-refractivity contribution in [3.63, 3.8) is 0 Å². The van der Waals surface area contributed by atoms with Crippen LogP contribution in [0.25, 0.3) is 24.6 Å². The number of rotatable bonds is 0. The van der Waals surface area contributed by atoms with E-state index in [1.54, 1.807) is 0 Å². The van der Waals surface area contributed by atoms with Crippen molar-refractivity contribution < 1.29 is 21.1 Å². The van der Waals surface area contributed by atoms with E-state index in [0.717, 1.165) is 0 Å². The fraction of sp³-hybridized carbons (Fsp3) is 0. The summed E-state index contributed by atoms with van der Waals surface area (Å²) in [5, 5.41) is 0. The molecule has 0 heterocycles. The largest absolute Gasteiger partial charge is 4.00 e. The molecule has 0 aromatic carbocycles. The first-order valence-corrected chi connectivity index (χ1v) is 0. The molecule has 4 nitrogen and oxygen atoms in total. The molecule has 46 valence electrons. The van der Waals surface area contributed by atoms with Crippen molar-refractivity contribution in [3.05, 3.63) is 24.6 Å². The first-order valence-electron chi connectivity index (χ1n) is 0. The predicted molar refractivity (Wildman–Crippen MR) is 28.4 cm³/mol. The fourth-order valence-electron chi connectivity index (χ4n) is 0. The van der Waals surface area contributed by atoms with Gasteiger partial charge >= 0.3 is 21.1 Å². The second-order valence-electron chi connectivity index (χ2n) is 0. The minimum atomic E-state index is 0. The minimum absolute atomic E-state index is 0. The quantitative estimate of drug-likeness (QED) is 0.648. The van der Waals surface area contributed by atoms with Gasteiger partial charge < -0.3 is 24.6 Å². The average molecular weight is 296 g/mol. The van der Waals surface area contributed by atoms with E-state index in [9.17, 15) is 0 Å². The first kappa shape index (κ1) is 345. The molecule has 0 radical (unpaired) electrons. The van der Waals surface area contributed by atoms with E-state index in [1.807, 2.05) is 0 Å². The van der Waals surface area contributed by atoms with Crippen LogP contribution in [-0.4, -0.2) is 0 Å². The Labute approximate surface area is 58.5 Å². The molecule has 0 spiro atoms. The zero-order valence-electron chi connectivity index (χ0n) is 3.03. The van der Waals surface area contributed by atoms with Gasteiger partial charge in [-0.05, 0) is 0 Å². The fourth-order valence-corrected chi connectivity index (χ4v) is 0. The van der Waals surface area contributed by atoms with Gasteiger partial charge in [-0.3, -0.25) is 0 Å². The molecule has 0 aliphatic carbocycles. The van der Waals surface area contributed by atoms with Gasteiger partial charge in [-0.2, -0.15) is 0 Å². The van der Waals surface area contributed by atoms with Gasteiger partial charge in [0.15, 0.2) is 0 Å². The van der Waals surface area contributed by atoms with Crippen molar-refractivity contribution in [1.82, 2.24) is 0 Å². The molecule has 0 unspecified atom stereocenters. The Morgan fingerprint density at radius 3 is 0.500 bits per heavy atom. The zero-order chi connectivity index (χ0) is 0. The second kappa shape index (κ2) is 202. The zero-order valence-corrected chi connectivity index (χ0v) is 6.12. The van der Waals surface area contributed by atoms with Gasteiger partial charge in [0.25, 0.3) is 0 Å². The van der Waals surface area contributed by atoms with Crippen LogP contribution in [0.1, 0.15) is 0 Å². The monoisotopic (exact) mass is 295 g/mol. The molecule has 0 saturated heterocycles. The van der Waals surface area contributed by atoms with Crippen LogP contribution < -0.4 is 0 Å². The molecule has 8 N–H and O–H groups in total. The van der Waals surface area contributed by atoms with Crippen LogP contribution in [0.4, 0.5) is 0 Å². The van der Waals surface area contributed by atoms with Gasteiger partial charge in [0.1, 0.15) is 0 Å². The Hall–Kier alpha value is 0.818. The first-order chi connectivity index (χ1) is 0. The van der Waals surface area contributed by atoms with Crippen LogP contribution in [0.15, 0.2) is 0 Å². The van der Waals surface area contributed by atoms with Gasteiger partial charge in [0.2, 0.25) is 0 Å². The molecule has 0 amide bonds.